The van der Waals surface area contributed by atoms with Gasteiger partial charge in [0, 0.05) is 24.0 Å². The van der Waals surface area contributed by atoms with E-state index in [4.69, 9.17) is 0 Å². The highest BCUT2D eigenvalue weighted by Gasteiger charge is 1.98. The number of nitrogens with zero attached hydrogens (tertiary/aromatic N) is 2. The molecule has 4 nitrogen and oxygen atoms in total. The topological polar surface area (TPSA) is 47.5 Å². The van der Waals surface area contributed by atoms with Crippen LogP contribution in [0, 0.1) is 10.1 Å². The molecule has 70 valence electrons. The molecule has 0 aromatic carbocycles. The predicted molar refractivity (Wildman–Crippen MR) is 53.4 cm³/mol. The quantitative estimate of drug-likeness (QED) is 0.535. The Morgan fingerprint density at radius 3 is 2.93 bits per heavy atom. The van der Waals surface area contributed by atoms with Crippen molar-refractivity contribution < 1.29 is 4.92 Å². The standard InChI is InChI=1S/C10H8N2O2/c13-12(14)8-5-9-4-7-11-6-2-1-3-10(9)11/h1-8H. The van der Waals surface area contributed by atoms with Gasteiger partial charge < -0.3 is 4.40 Å². The lowest BCUT2D eigenvalue weighted by Crippen LogP contribution is -1.83. The second kappa shape index (κ2) is 3.33. The third kappa shape index (κ3) is 1.50. The van der Waals surface area contributed by atoms with Gasteiger partial charge in [0.25, 0.3) is 0 Å². The summed E-state index contributed by atoms with van der Waals surface area (Å²) in [6.45, 7) is 0. The van der Waals surface area contributed by atoms with Gasteiger partial charge in [-0.2, -0.15) is 0 Å². The Morgan fingerprint density at radius 1 is 1.29 bits per heavy atom. The van der Waals surface area contributed by atoms with E-state index >= 15 is 0 Å². The van der Waals surface area contributed by atoms with Crippen molar-refractivity contribution >= 4 is 11.6 Å². The minimum absolute atomic E-state index is 0.466. The molecule has 0 fully saturated rings. The second-order valence-electron chi connectivity index (χ2n) is 2.87. The lowest BCUT2D eigenvalue weighted by molar-refractivity contribution is -0.400. The van der Waals surface area contributed by atoms with Crippen molar-refractivity contribution in [2.45, 2.75) is 0 Å². The molecule has 0 aliphatic rings. The molecule has 2 rings (SSSR count). The number of hydrogen-bond acceptors (Lipinski definition) is 2. The zero-order valence-electron chi connectivity index (χ0n) is 7.33. The highest BCUT2D eigenvalue weighted by Crippen LogP contribution is 2.13. The van der Waals surface area contributed by atoms with Gasteiger partial charge in [0.05, 0.1) is 10.4 Å². The molecule has 0 spiro atoms. The molecule has 0 amide bonds. The second-order valence-corrected chi connectivity index (χ2v) is 2.87. The summed E-state index contributed by atoms with van der Waals surface area (Å²) in [6, 6.07) is 7.57. The molecule has 2 aromatic heterocycles. The molecule has 0 bridgehead atoms. The molecule has 0 atom stereocenters. The summed E-state index contributed by atoms with van der Waals surface area (Å²) >= 11 is 0. The van der Waals surface area contributed by atoms with Crippen LogP contribution < -0.4 is 0 Å². The average Bonchev–Trinajstić information content (AvgIpc) is 2.58. The van der Waals surface area contributed by atoms with Gasteiger partial charge in [-0.25, -0.2) is 0 Å². The van der Waals surface area contributed by atoms with E-state index < -0.39 is 4.92 Å². The first-order valence-electron chi connectivity index (χ1n) is 4.15. The number of hydrogen-bond donors (Lipinski definition) is 0. The summed E-state index contributed by atoms with van der Waals surface area (Å²) in [5.74, 6) is 0. The van der Waals surface area contributed by atoms with Gasteiger partial charge in [0.2, 0.25) is 6.20 Å². The predicted octanol–water partition coefficient (Wildman–Crippen LogP) is 2.19. The monoisotopic (exact) mass is 188 g/mol. The largest absolute Gasteiger partial charge is 0.323 e. The third-order valence-corrected chi connectivity index (χ3v) is 1.98. The van der Waals surface area contributed by atoms with Crippen molar-refractivity contribution in [2.24, 2.45) is 0 Å². The van der Waals surface area contributed by atoms with Gasteiger partial charge in [-0.05, 0) is 18.2 Å². The molecule has 0 unspecified atom stereocenters. The zero-order chi connectivity index (χ0) is 9.97. The van der Waals surface area contributed by atoms with E-state index in [1.165, 1.54) is 6.08 Å². The summed E-state index contributed by atoms with van der Waals surface area (Å²) in [4.78, 5) is 9.68. The summed E-state index contributed by atoms with van der Waals surface area (Å²) in [5.41, 5.74) is 1.81. The van der Waals surface area contributed by atoms with Crippen molar-refractivity contribution in [1.29, 1.82) is 0 Å². The summed E-state index contributed by atoms with van der Waals surface area (Å²) in [7, 11) is 0. The maximum absolute atomic E-state index is 10.1. The van der Waals surface area contributed by atoms with E-state index in [9.17, 15) is 10.1 Å². The van der Waals surface area contributed by atoms with Crippen LogP contribution in [-0.4, -0.2) is 9.32 Å². The maximum atomic E-state index is 10.1. The number of rotatable bonds is 2. The Hall–Kier alpha value is -2.10. The van der Waals surface area contributed by atoms with Crippen LogP contribution in [0.15, 0.2) is 42.9 Å². The number of pyridine rings is 1. The van der Waals surface area contributed by atoms with Crippen molar-refractivity contribution in [3.05, 3.63) is 58.5 Å². The van der Waals surface area contributed by atoms with Crippen LogP contribution in [0.3, 0.4) is 0 Å². The van der Waals surface area contributed by atoms with Crippen LogP contribution >= 0.6 is 0 Å². The fourth-order valence-electron chi connectivity index (χ4n) is 1.36. The molecule has 2 aromatic rings. The zero-order valence-corrected chi connectivity index (χ0v) is 7.33. The van der Waals surface area contributed by atoms with E-state index in [-0.39, 0.29) is 0 Å². The van der Waals surface area contributed by atoms with Gasteiger partial charge in [-0.1, -0.05) is 6.07 Å². The van der Waals surface area contributed by atoms with Crippen LogP contribution in [0.25, 0.3) is 11.6 Å². The van der Waals surface area contributed by atoms with Gasteiger partial charge in [0.15, 0.2) is 0 Å². The third-order valence-electron chi connectivity index (χ3n) is 1.98. The highest BCUT2D eigenvalue weighted by atomic mass is 16.6. The molecule has 2 heterocycles. The molecular weight excluding hydrogens is 180 g/mol. The van der Waals surface area contributed by atoms with E-state index in [0.717, 1.165) is 17.3 Å². The van der Waals surface area contributed by atoms with Gasteiger partial charge in [0.1, 0.15) is 0 Å². The molecule has 0 saturated carbocycles. The van der Waals surface area contributed by atoms with Crippen molar-refractivity contribution in [1.82, 2.24) is 4.40 Å². The van der Waals surface area contributed by atoms with Crippen LogP contribution in [0.1, 0.15) is 5.56 Å². The van der Waals surface area contributed by atoms with Gasteiger partial charge in [-0.3, -0.25) is 10.1 Å². The molecule has 4 heteroatoms. The molecule has 0 saturated heterocycles. The van der Waals surface area contributed by atoms with Crippen LogP contribution in [0.2, 0.25) is 0 Å². The Balaban J connectivity index is 2.48. The van der Waals surface area contributed by atoms with Crippen molar-refractivity contribution in [2.75, 3.05) is 0 Å². The van der Waals surface area contributed by atoms with E-state index in [1.54, 1.807) is 0 Å². The lowest BCUT2D eigenvalue weighted by atomic mass is 10.2. The lowest BCUT2D eigenvalue weighted by Gasteiger charge is -1.92. The normalized spacial score (nSPS) is 11.1. The molecule has 0 N–H and O–H groups in total. The summed E-state index contributed by atoms with van der Waals surface area (Å²) < 4.78 is 1.92. The first-order valence-corrected chi connectivity index (χ1v) is 4.15. The summed E-state index contributed by atoms with van der Waals surface area (Å²) in [5, 5.41) is 10.1. The highest BCUT2D eigenvalue weighted by molar-refractivity contribution is 5.69. The van der Waals surface area contributed by atoms with Crippen molar-refractivity contribution in [3.8, 4) is 0 Å². The first-order chi connectivity index (χ1) is 6.77. The van der Waals surface area contributed by atoms with Crippen LogP contribution in [0.4, 0.5) is 0 Å². The first kappa shape index (κ1) is 8.50. The van der Waals surface area contributed by atoms with E-state index in [2.05, 4.69) is 0 Å². The van der Waals surface area contributed by atoms with E-state index in [1.807, 2.05) is 41.1 Å². The molecular formula is C10H8N2O2. The molecule has 0 aliphatic carbocycles. The Labute approximate surface area is 80.2 Å². The Bertz CT molecular complexity index is 500. The number of aromatic nitrogens is 1. The van der Waals surface area contributed by atoms with Gasteiger partial charge in [-0.15, -0.1) is 0 Å². The van der Waals surface area contributed by atoms with Crippen molar-refractivity contribution in [3.63, 3.8) is 0 Å². The maximum Gasteiger partial charge on any atom is 0.235 e. The smallest absolute Gasteiger partial charge is 0.235 e. The molecule has 0 aliphatic heterocycles. The average molecular weight is 188 g/mol. The van der Waals surface area contributed by atoms with Gasteiger partial charge >= 0.3 is 0 Å². The molecule has 14 heavy (non-hydrogen) atoms. The van der Waals surface area contributed by atoms with Crippen LogP contribution in [0.5, 0.6) is 0 Å². The number of nitro groups is 1. The minimum Gasteiger partial charge on any atom is -0.323 e. The SMILES string of the molecule is O=[N+]([O-])C=Cc1ccn2ccccc12. The fourth-order valence-corrected chi connectivity index (χ4v) is 1.36. The number of fused-ring (bicyclic) bond motifs is 1. The summed E-state index contributed by atoms with van der Waals surface area (Å²) in [6.07, 6.45) is 6.21. The fraction of sp³-hybridized carbons (Fsp3) is 0. The molecule has 0 radical (unpaired) electrons. The Kier molecular flexibility index (Phi) is 2.02. The Morgan fingerprint density at radius 2 is 2.14 bits per heavy atom. The van der Waals surface area contributed by atoms with E-state index in [0.29, 0.717) is 0 Å². The minimum atomic E-state index is -0.466. The van der Waals surface area contributed by atoms with Crippen LogP contribution in [-0.2, 0) is 0 Å².